The van der Waals surface area contributed by atoms with Gasteiger partial charge in [-0.25, -0.2) is 4.79 Å². The summed E-state index contributed by atoms with van der Waals surface area (Å²) >= 11 is 0. The molecule has 1 saturated heterocycles. The number of carbonyl (C=O) groups is 2. The monoisotopic (exact) mass is 253 g/mol. The highest BCUT2D eigenvalue weighted by atomic mass is 16.5. The Morgan fingerprint density at radius 3 is 3.22 bits per heavy atom. The number of rotatable bonds is 4. The molecule has 0 radical (unpaired) electrons. The van der Waals surface area contributed by atoms with Crippen molar-refractivity contribution in [3.05, 3.63) is 17.5 Å². The Labute approximate surface area is 104 Å². The van der Waals surface area contributed by atoms with Crippen molar-refractivity contribution in [2.45, 2.75) is 13.5 Å². The summed E-state index contributed by atoms with van der Waals surface area (Å²) in [5.41, 5.74) is 0.134. The number of hydrogen-bond donors (Lipinski definition) is 1. The van der Waals surface area contributed by atoms with E-state index in [1.807, 2.05) is 0 Å². The number of nitrogens with zero attached hydrogens (tertiary/aromatic N) is 2. The van der Waals surface area contributed by atoms with Gasteiger partial charge in [-0.1, -0.05) is 5.16 Å². The summed E-state index contributed by atoms with van der Waals surface area (Å²) in [4.78, 5) is 24.6. The summed E-state index contributed by atoms with van der Waals surface area (Å²) in [5.74, 6) is -0.0252. The van der Waals surface area contributed by atoms with Gasteiger partial charge in [0.2, 0.25) is 5.91 Å². The van der Waals surface area contributed by atoms with Crippen LogP contribution in [0.5, 0.6) is 0 Å². The third-order valence-corrected chi connectivity index (χ3v) is 2.58. The lowest BCUT2D eigenvalue weighted by molar-refractivity contribution is -0.132. The second-order valence-corrected chi connectivity index (χ2v) is 3.89. The van der Waals surface area contributed by atoms with Crippen molar-refractivity contribution < 1.29 is 18.8 Å². The van der Waals surface area contributed by atoms with Gasteiger partial charge in [-0.15, -0.1) is 0 Å². The predicted molar refractivity (Wildman–Crippen MR) is 60.7 cm³/mol. The third-order valence-electron chi connectivity index (χ3n) is 2.58. The predicted octanol–water partition coefficient (Wildman–Crippen LogP) is -0.217. The van der Waals surface area contributed by atoms with E-state index in [1.165, 1.54) is 6.07 Å². The fraction of sp³-hybridized carbons (Fsp3) is 0.545. The van der Waals surface area contributed by atoms with Gasteiger partial charge >= 0.3 is 5.97 Å². The molecule has 0 aliphatic carbocycles. The van der Waals surface area contributed by atoms with Crippen LogP contribution in [0.15, 0.2) is 10.6 Å². The van der Waals surface area contributed by atoms with E-state index in [1.54, 1.807) is 11.8 Å². The van der Waals surface area contributed by atoms with Crippen LogP contribution in [0.1, 0.15) is 23.2 Å². The molecule has 0 unspecified atom stereocenters. The smallest absolute Gasteiger partial charge is 0.360 e. The number of carbonyl (C=O) groups excluding carboxylic acids is 2. The number of nitrogens with one attached hydrogen (secondary N) is 1. The van der Waals surface area contributed by atoms with Crippen molar-refractivity contribution in [1.29, 1.82) is 0 Å². The largest absolute Gasteiger partial charge is 0.461 e. The maximum Gasteiger partial charge on any atom is 0.360 e. The molecule has 1 aromatic rings. The molecule has 7 heteroatoms. The Bertz CT molecular complexity index is 443. The molecule has 1 N–H and O–H groups in total. The number of amides is 1. The van der Waals surface area contributed by atoms with Crippen LogP contribution in [0.25, 0.3) is 0 Å². The van der Waals surface area contributed by atoms with Crippen LogP contribution >= 0.6 is 0 Å². The Kier molecular flexibility index (Phi) is 3.93. The normalized spacial score (nSPS) is 15.8. The molecule has 0 saturated carbocycles. The molecule has 98 valence electrons. The minimum atomic E-state index is -0.515. The molecular weight excluding hydrogens is 238 g/mol. The fourth-order valence-corrected chi connectivity index (χ4v) is 1.69. The van der Waals surface area contributed by atoms with Crippen LogP contribution in [0.4, 0.5) is 0 Å². The molecule has 2 rings (SSSR count). The molecule has 1 aliphatic heterocycles. The minimum Gasteiger partial charge on any atom is -0.461 e. The second-order valence-electron chi connectivity index (χ2n) is 3.89. The molecule has 0 aromatic carbocycles. The zero-order valence-electron chi connectivity index (χ0n) is 10.1. The van der Waals surface area contributed by atoms with Crippen molar-refractivity contribution >= 4 is 11.9 Å². The Morgan fingerprint density at radius 1 is 1.67 bits per heavy atom. The van der Waals surface area contributed by atoms with Crippen molar-refractivity contribution in [3.8, 4) is 0 Å². The average Bonchev–Trinajstić information content (AvgIpc) is 2.81. The lowest BCUT2D eigenvalue weighted by Crippen LogP contribution is -2.47. The zero-order chi connectivity index (χ0) is 13.0. The summed E-state index contributed by atoms with van der Waals surface area (Å²) in [6, 6.07) is 1.51. The van der Waals surface area contributed by atoms with Gasteiger partial charge in [-0.3, -0.25) is 4.79 Å². The van der Waals surface area contributed by atoms with E-state index >= 15 is 0 Å². The van der Waals surface area contributed by atoms with Gasteiger partial charge in [0.25, 0.3) is 0 Å². The summed E-state index contributed by atoms with van der Waals surface area (Å²) < 4.78 is 9.82. The fourth-order valence-electron chi connectivity index (χ4n) is 1.69. The number of hydrogen-bond acceptors (Lipinski definition) is 6. The SMILES string of the molecule is CCOC(=O)c1cc(CN2CCNCC2=O)on1. The second kappa shape index (κ2) is 5.63. The average molecular weight is 253 g/mol. The molecular formula is C11H15N3O4. The number of piperazine rings is 1. The molecule has 0 spiro atoms. The Morgan fingerprint density at radius 2 is 2.50 bits per heavy atom. The van der Waals surface area contributed by atoms with Gasteiger partial charge in [0.15, 0.2) is 11.5 Å². The summed E-state index contributed by atoms with van der Waals surface area (Å²) in [6.07, 6.45) is 0. The molecule has 0 bridgehead atoms. The van der Waals surface area contributed by atoms with E-state index in [-0.39, 0.29) is 18.2 Å². The van der Waals surface area contributed by atoms with Gasteiger partial charge in [0.05, 0.1) is 19.7 Å². The lowest BCUT2D eigenvalue weighted by Gasteiger charge is -2.26. The van der Waals surface area contributed by atoms with E-state index in [0.29, 0.717) is 25.4 Å². The van der Waals surface area contributed by atoms with Crippen molar-refractivity contribution in [2.75, 3.05) is 26.2 Å². The van der Waals surface area contributed by atoms with E-state index in [4.69, 9.17) is 9.26 Å². The van der Waals surface area contributed by atoms with Crippen molar-refractivity contribution in [3.63, 3.8) is 0 Å². The molecule has 1 amide bonds. The van der Waals surface area contributed by atoms with Crippen molar-refractivity contribution in [1.82, 2.24) is 15.4 Å². The van der Waals surface area contributed by atoms with Crippen LogP contribution in [-0.2, 0) is 16.1 Å². The molecule has 0 atom stereocenters. The molecule has 1 aliphatic rings. The number of ether oxygens (including phenoxy) is 1. The highest BCUT2D eigenvalue weighted by Crippen LogP contribution is 2.09. The third kappa shape index (κ3) is 2.86. The summed E-state index contributed by atoms with van der Waals surface area (Å²) in [5, 5.41) is 6.60. The first-order valence-corrected chi connectivity index (χ1v) is 5.82. The maximum atomic E-state index is 11.6. The van der Waals surface area contributed by atoms with Crippen LogP contribution < -0.4 is 5.32 Å². The van der Waals surface area contributed by atoms with Crippen LogP contribution in [0.2, 0.25) is 0 Å². The molecule has 7 nitrogen and oxygen atoms in total. The molecule has 18 heavy (non-hydrogen) atoms. The van der Waals surface area contributed by atoms with E-state index in [2.05, 4.69) is 10.5 Å². The van der Waals surface area contributed by atoms with Crippen LogP contribution in [0.3, 0.4) is 0 Å². The van der Waals surface area contributed by atoms with Crippen molar-refractivity contribution in [2.24, 2.45) is 0 Å². The Balaban J connectivity index is 1.97. The number of esters is 1. The topological polar surface area (TPSA) is 84.7 Å². The van der Waals surface area contributed by atoms with Gasteiger partial charge < -0.3 is 19.5 Å². The van der Waals surface area contributed by atoms with Crippen LogP contribution in [0, 0.1) is 0 Å². The van der Waals surface area contributed by atoms with Gasteiger partial charge in [0.1, 0.15) is 0 Å². The lowest BCUT2D eigenvalue weighted by atomic mass is 10.3. The standard InChI is InChI=1S/C11H15N3O4/c1-2-17-11(16)9-5-8(18-13-9)7-14-4-3-12-6-10(14)15/h5,12H,2-4,6-7H2,1H3. The van der Waals surface area contributed by atoms with E-state index < -0.39 is 5.97 Å². The van der Waals surface area contributed by atoms with Crippen LogP contribution in [-0.4, -0.2) is 48.2 Å². The van der Waals surface area contributed by atoms with E-state index in [9.17, 15) is 9.59 Å². The first-order chi connectivity index (χ1) is 8.70. The molecule has 2 heterocycles. The van der Waals surface area contributed by atoms with Gasteiger partial charge in [0, 0.05) is 19.2 Å². The summed E-state index contributed by atoms with van der Waals surface area (Å²) in [7, 11) is 0. The summed E-state index contributed by atoms with van der Waals surface area (Å²) in [6.45, 7) is 4.04. The van der Waals surface area contributed by atoms with E-state index in [0.717, 1.165) is 6.54 Å². The maximum absolute atomic E-state index is 11.6. The first-order valence-electron chi connectivity index (χ1n) is 5.82. The molecule has 1 fully saturated rings. The molecule has 1 aromatic heterocycles. The minimum absolute atomic E-state index is 0.00957. The zero-order valence-corrected chi connectivity index (χ0v) is 10.1. The highest BCUT2D eigenvalue weighted by Gasteiger charge is 2.20. The number of aromatic nitrogens is 1. The quantitative estimate of drug-likeness (QED) is 0.747. The van der Waals surface area contributed by atoms with Gasteiger partial charge in [-0.05, 0) is 6.92 Å². The Hall–Kier alpha value is -1.89. The first kappa shape index (κ1) is 12.6. The highest BCUT2D eigenvalue weighted by molar-refractivity contribution is 5.87. The van der Waals surface area contributed by atoms with Gasteiger partial charge in [-0.2, -0.15) is 0 Å².